The molecule has 2 aromatic rings. The van der Waals surface area contributed by atoms with Gasteiger partial charge in [0.25, 0.3) is 0 Å². The number of aromatic nitrogens is 1. The molecule has 1 aromatic carbocycles. The van der Waals surface area contributed by atoms with Gasteiger partial charge in [0, 0.05) is 16.0 Å². The van der Waals surface area contributed by atoms with E-state index >= 15 is 0 Å². The Labute approximate surface area is 141 Å². The monoisotopic (exact) mass is 355 g/mol. The fourth-order valence-corrected chi connectivity index (χ4v) is 3.21. The summed E-state index contributed by atoms with van der Waals surface area (Å²) in [4.78, 5) is 15.4. The number of benzene rings is 1. The Kier molecular flexibility index (Phi) is 5.22. The van der Waals surface area contributed by atoms with Crippen molar-refractivity contribution in [2.45, 2.75) is 42.7 Å². The van der Waals surface area contributed by atoms with Gasteiger partial charge in [-0.3, -0.25) is 4.98 Å². The molecule has 1 N–H and O–H groups in total. The predicted octanol–water partition coefficient (Wildman–Crippen LogP) is 5.38. The van der Waals surface area contributed by atoms with Gasteiger partial charge in [-0.05, 0) is 36.1 Å². The van der Waals surface area contributed by atoms with Gasteiger partial charge in [-0.25, -0.2) is 4.79 Å². The van der Waals surface area contributed by atoms with Gasteiger partial charge in [0.2, 0.25) is 0 Å². The molecular formula is C17H16F3NO2S. The van der Waals surface area contributed by atoms with Crippen molar-refractivity contribution in [2.75, 3.05) is 0 Å². The first-order chi connectivity index (χ1) is 11.1. The summed E-state index contributed by atoms with van der Waals surface area (Å²) in [6.07, 6.45) is -3.86. The van der Waals surface area contributed by atoms with Crippen LogP contribution in [0.1, 0.15) is 46.9 Å². The van der Waals surface area contributed by atoms with E-state index in [1.165, 1.54) is 6.92 Å². The Balaban J connectivity index is 2.49. The number of rotatable bonds is 4. The zero-order valence-corrected chi connectivity index (χ0v) is 14.1. The number of carboxylic acids is 1. The number of carboxylic acid groups (broad SMARTS) is 1. The van der Waals surface area contributed by atoms with Gasteiger partial charge in [-0.1, -0.05) is 37.7 Å². The Morgan fingerprint density at radius 3 is 2.25 bits per heavy atom. The number of pyridine rings is 1. The Morgan fingerprint density at radius 2 is 1.79 bits per heavy atom. The highest BCUT2D eigenvalue weighted by Crippen LogP contribution is 2.39. The van der Waals surface area contributed by atoms with Crippen molar-refractivity contribution in [1.29, 1.82) is 0 Å². The van der Waals surface area contributed by atoms with E-state index in [1.807, 2.05) is 26.0 Å². The second-order valence-electron chi connectivity index (χ2n) is 5.60. The number of nitrogens with zero attached hydrogens (tertiary/aromatic N) is 1. The number of halogens is 3. The van der Waals surface area contributed by atoms with E-state index in [2.05, 4.69) is 4.98 Å². The summed E-state index contributed by atoms with van der Waals surface area (Å²) >= 11 is 0.999. The lowest BCUT2D eigenvalue weighted by Crippen LogP contribution is -2.13. The molecule has 3 nitrogen and oxygen atoms in total. The maximum absolute atomic E-state index is 13.0. The SMILES string of the molecule is Cc1c(C(F)(F)F)ncc(C(=O)O)c1Sc1ccc(C(C)C)cc1. The zero-order valence-electron chi connectivity index (χ0n) is 13.3. The van der Waals surface area contributed by atoms with Crippen molar-refractivity contribution in [3.05, 3.63) is 52.8 Å². The third-order valence-corrected chi connectivity index (χ3v) is 4.77. The third-order valence-electron chi connectivity index (χ3n) is 3.53. The average Bonchev–Trinajstić information content (AvgIpc) is 2.48. The van der Waals surface area contributed by atoms with Gasteiger partial charge < -0.3 is 5.11 Å². The van der Waals surface area contributed by atoms with E-state index in [4.69, 9.17) is 0 Å². The Morgan fingerprint density at radius 1 is 1.21 bits per heavy atom. The lowest BCUT2D eigenvalue weighted by atomic mass is 10.0. The van der Waals surface area contributed by atoms with Gasteiger partial charge in [0.05, 0.1) is 5.56 Å². The number of carbonyl (C=O) groups is 1. The molecule has 128 valence electrons. The molecule has 1 aromatic heterocycles. The molecule has 0 aliphatic rings. The smallest absolute Gasteiger partial charge is 0.433 e. The molecule has 0 aliphatic heterocycles. The largest absolute Gasteiger partial charge is 0.478 e. The minimum Gasteiger partial charge on any atom is -0.478 e. The minimum absolute atomic E-state index is 0.0575. The van der Waals surface area contributed by atoms with Crippen molar-refractivity contribution in [1.82, 2.24) is 4.98 Å². The quantitative estimate of drug-likeness (QED) is 0.800. The van der Waals surface area contributed by atoms with Gasteiger partial charge in [0.15, 0.2) is 0 Å². The lowest BCUT2D eigenvalue weighted by Gasteiger charge is -2.15. The van der Waals surface area contributed by atoms with Gasteiger partial charge in [-0.15, -0.1) is 0 Å². The first-order valence-corrected chi connectivity index (χ1v) is 8.00. The van der Waals surface area contributed by atoms with Crippen LogP contribution in [0.15, 0.2) is 40.3 Å². The summed E-state index contributed by atoms with van der Waals surface area (Å²) in [6.45, 7) is 5.31. The highest BCUT2D eigenvalue weighted by molar-refractivity contribution is 7.99. The van der Waals surface area contributed by atoms with Crippen LogP contribution in [0.25, 0.3) is 0 Å². The maximum Gasteiger partial charge on any atom is 0.433 e. The molecule has 0 saturated heterocycles. The summed E-state index contributed by atoms with van der Waals surface area (Å²) in [6, 6.07) is 7.32. The van der Waals surface area contributed by atoms with Crippen LogP contribution in [0, 0.1) is 6.92 Å². The summed E-state index contributed by atoms with van der Waals surface area (Å²) in [7, 11) is 0. The summed E-state index contributed by atoms with van der Waals surface area (Å²) in [5, 5.41) is 9.24. The van der Waals surface area contributed by atoms with Crippen molar-refractivity contribution < 1.29 is 23.1 Å². The Hall–Kier alpha value is -2.02. The number of alkyl halides is 3. The highest BCUT2D eigenvalue weighted by atomic mass is 32.2. The van der Waals surface area contributed by atoms with E-state index in [1.54, 1.807) is 12.1 Å². The topological polar surface area (TPSA) is 50.2 Å². The second kappa shape index (κ2) is 6.84. The van der Waals surface area contributed by atoms with E-state index in [0.29, 0.717) is 10.8 Å². The summed E-state index contributed by atoms with van der Waals surface area (Å²) < 4.78 is 39.1. The van der Waals surface area contributed by atoms with Crippen LogP contribution >= 0.6 is 11.8 Å². The average molecular weight is 355 g/mol. The van der Waals surface area contributed by atoms with Crippen molar-refractivity contribution >= 4 is 17.7 Å². The Bertz CT molecular complexity index is 756. The molecular weight excluding hydrogens is 339 g/mol. The van der Waals surface area contributed by atoms with Crippen LogP contribution in [0.5, 0.6) is 0 Å². The molecule has 1 heterocycles. The molecule has 7 heteroatoms. The predicted molar refractivity (Wildman–Crippen MR) is 85.6 cm³/mol. The lowest BCUT2D eigenvalue weighted by molar-refractivity contribution is -0.141. The van der Waals surface area contributed by atoms with Crippen LogP contribution in [0.3, 0.4) is 0 Å². The van der Waals surface area contributed by atoms with E-state index < -0.39 is 17.8 Å². The third kappa shape index (κ3) is 3.90. The molecule has 24 heavy (non-hydrogen) atoms. The van der Waals surface area contributed by atoms with Gasteiger partial charge in [0.1, 0.15) is 5.69 Å². The number of aromatic carboxylic acids is 1. The second-order valence-corrected chi connectivity index (χ2v) is 6.69. The molecule has 0 spiro atoms. The van der Waals surface area contributed by atoms with Crippen molar-refractivity contribution in [3.63, 3.8) is 0 Å². The van der Waals surface area contributed by atoms with Crippen LogP contribution in [0.2, 0.25) is 0 Å². The fraction of sp³-hybridized carbons (Fsp3) is 0.294. The van der Waals surface area contributed by atoms with Crippen LogP contribution in [-0.2, 0) is 6.18 Å². The standard InChI is InChI=1S/C17H16F3NO2S/c1-9(2)11-4-6-12(7-5-11)24-14-10(3)15(17(18,19)20)21-8-13(14)16(22)23/h4-9H,1-3H3,(H,22,23). The fourth-order valence-electron chi connectivity index (χ4n) is 2.20. The molecule has 2 rings (SSSR count). The molecule has 0 fully saturated rings. The zero-order chi connectivity index (χ0) is 18.1. The van der Waals surface area contributed by atoms with Gasteiger partial charge in [-0.2, -0.15) is 13.2 Å². The number of hydrogen-bond donors (Lipinski definition) is 1. The van der Waals surface area contributed by atoms with Crippen LogP contribution in [-0.4, -0.2) is 16.1 Å². The van der Waals surface area contributed by atoms with E-state index in [0.717, 1.165) is 23.5 Å². The summed E-state index contributed by atoms with van der Waals surface area (Å²) in [5.41, 5.74) is -0.382. The first kappa shape index (κ1) is 18.3. The number of hydrogen-bond acceptors (Lipinski definition) is 3. The molecule has 0 atom stereocenters. The van der Waals surface area contributed by atoms with Crippen LogP contribution < -0.4 is 0 Å². The van der Waals surface area contributed by atoms with Crippen LogP contribution in [0.4, 0.5) is 13.2 Å². The van der Waals surface area contributed by atoms with Gasteiger partial charge >= 0.3 is 12.1 Å². The normalized spacial score (nSPS) is 11.8. The molecule has 0 aliphatic carbocycles. The summed E-state index contributed by atoms with van der Waals surface area (Å²) in [5.74, 6) is -0.973. The molecule has 0 saturated carbocycles. The van der Waals surface area contributed by atoms with Crippen molar-refractivity contribution in [2.24, 2.45) is 0 Å². The minimum atomic E-state index is -4.63. The molecule has 0 bridgehead atoms. The van der Waals surface area contributed by atoms with E-state index in [9.17, 15) is 23.1 Å². The van der Waals surface area contributed by atoms with Crippen molar-refractivity contribution in [3.8, 4) is 0 Å². The first-order valence-electron chi connectivity index (χ1n) is 7.19. The molecule has 0 unspecified atom stereocenters. The maximum atomic E-state index is 13.0. The highest BCUT2D eigenvalue weighted by Gasteiger charge is 2.36. The van der Waals surface area contributed by atoms with E-state index in [-0.39, 0.29) is 16.0 Å². The molecule has 0 amide bonds. The molecule has 0 radical (unpaired) electrons.